The molecule has 5 heteroatoms. The first-order chi connectivity index (χ1) is 11.0. The van der Waals surface area contributed by atoms with Crippen LogP contribution in [0.1, 0.15) is 25.8 Å². The van der Waals surface area contributed by atoms with Crippen LogP contribution in [0.5, 0.6) is 0 Å². The normalized spacial score (nSPS) is 22.3. The molecule has 1 fully saturated rings. The molecular formula is C18H27FN2O2. The summed E-state index contributed by atoms with van der Waals surface area (Å²) in [5, 5.41) is 0. The lowest BCUT2D eigenvalue weighted by Crippen LogP contribution is -2.58. The van der Waals surface area contributed by atoms with Crippen LogP contribution in [0.25, 0.3) is 0 Å². The number of nitrogens with zero attached hydrogens (tertiary/aromatic N) is 2. The lowest BCUT2D eigenvalue weighted by Gasteiger charge is -2.44. The van der Waals surface area contributed by atoms with Crippen molar-refractivity contribution in [2.45, 2.75) is 38.8 Å². The molecule has 0 aromatic heterocycles. The molecule has 0 radical (unpaired) electrons. The van der Waals surface area contributed by atoms with Gasteiger partial charge in [-0.1, -0.05) is 12.1 Å². The van der Waals surface area contributed by atoms with Crippen LogP contribution in [0.4, 0.5) is 4.39 Å². The van der Waals surface area contributed by atoms with Gasteiger partial charge >= 0.3 is 0 Å². The summed E-state index contributed by atoms with van der Waals surface area (Å²) >= 11 is 0. The van der Waals surface area contributed by atoms with Crippen molar-refractivity contribution in [3.8, 4) is 0 Å². The minimum atomic E-state index is -0.241. The number of carbonyl (C=O) groups excluding carboxylic acids is 1. The van der Waals surface area contributed by atoms with Gasteiger partial charge < -0.3 is 9.64 Å². The molecule has 2 unspecified atom stereocenters. The molecule has 4 nitrogen and oxygen atoms in total. The fourth-order valence-electron chi connectivity index (χ4n) is 3.26. The van der Waals surface area contributed by atoms with Crippen molar-refractivity contribution >= 4 is 5.91 Å². The van der Waals surface area contributed by atoms with E-state index in [1.165, 1.54) is 12.1 Å². The van der Waals surface area contributed by atoms with Crippen LogP contribution in [0.15, 0.2) is 24.3 Å². The van der Waals surface area contributed by atoms with Crippen LogP contribution in [0.3, 0.4) is 0 Å². The number of aryl methyl sites for hydroxylation is 1. The van der Waals surface area contributed by atoms with Crippen molar-refractivity contribution in [2.75, 3.05) is 33.4 Å². The van der Waals surface area contributed by atoms with E-state index in [2.05, 4.69) is 18.7 Å². The van der Waals surface area contributed by atoms with Crippen LogP contribution in [0, 0.1) is 5.82 Å². The fourth-order valence-corrected chi connectivity index (χ4v) is 3.26. The highest BCUT2D eigenvalue weighted by atomic mass is 19.1. The van der Waals surface area contributed by atoms with Crippen molar-refractivity contribution < 1.29 is 13.9 Å². The minimum absolute atomic E-state index is 0.180. The van der Waals surface area contributed by atoms with Gasteiger partial charge in [0.05, 0.1) is 6.61 Å². The number of methoxy groups -OCH3 is 1. The van der Waals surface area contributed by atoms with Gasteiger partial charge in [-0.15, -0.1) is 0 Å². The van der Waals surface area contributed by atoms with Gasteiger partial charge in [0.1, 0.15) is 5.82 Å². The van der Waals surface area contributed by atoms with Gasteiger partial charge in [0, 0.05) is 45.2 Å². The first-order valence-corrected chi connectivity index (χ1v) is 8.28. The highest BCUT2D eigenvalue weighted by Gasteiger charge is 2.31. The molecule has 1 aromatic rings. The number of amides is 1. The smallest absolute Gasteiger partial charge is 0.223 e. The van der Waals surface area contributed by atoms with Crippen molar-refractivity contribution in [3.05, 3.63) is 35.6 Å². The monoisotopic (exact) mass is 322 g/mol. The number of rotatable bonds is 6. The van der Waals surface area contributed by atoms with E-state index in [1.807, 2.05) is 4.90 Å². The van der Waals surface area contributed by atoms with Crippen LogP contribution in [-0.4, -0.2) is 61.1 Å². The summed E-state index contributed by atoms with van der Waals surface area (Å²) < 4.78 is 18.1. The Kier molecular flexibility index (Phi) is 6.54. The number of halogens is 1. The first kappa shape index (κ1) is 17.9. The molecule has 0 aliphatic carbocycles. The second kappa shape index (κ2) is 8.41. The quantitative estimate of drug-likeness (QED) is 0.806. The molecule has 1 aromatic carbocycles. The van der Waals surface area contributed by atoms with E-state index in [0.717, 1.165) is 25.2 Å². The summed E-state index contributed by atoms with van der Waals surface area (Å²) in [5.41, 5.74) is 1.000. The number of hydrogen-bond donors (Lipinski definition) is 0. The fraction of sp³-hybridized carbons (Fsp3) is 0.611. The molecule has 1 amide bonds. The zero-order valence-corrected chi connectivity index (χ0v) is 14.3. The zero-order chi connectivity index (χ0) is 16.8. The Morgan fingerprint density at radius 2 is 1.83 bits per heavy atom. The Bertz CT molecular complexity index is 494. The molecule has 2 rings (SSSR count). The summed E-state index contributed by atoms with van der Waals surface area (Å²) in [6, 6.07) is 7.05. The van der Waals surface area contributed by atoms with E-state index in [1.54, 1.807) is 19.2 Å². The van der Waals surface area contributed by atoms with Crippen LogP contribution in [0.2, 0.25) is 0 Å². The standard InChI is InChI=1S/C18H27FN2O2/c1-14-12-20(13-15(2)21(14)10-11-23-3)18(22)9-6-16-4-7-17(19)8-5-16/h4-5,7-8,14-15H,6,9-13H2,1-3H3. The van der Waals surface area contributed by atoms with E-state index in [0.29, 0.717) is 31.5 Å². The van der Waals surface area contributed by atoms with Gasteiger partial charge in [0.15, 0.2) is 0 Å². The van der Waals surface area contributed by atoms with Crippen molar-refractivity contribution in [1.29, 1.82) is 0 Å². The molecule has 1 saturated heterocycles. The Morgan fingerprint density at radius 1 is 1.22 bits per heavy atom. The minimum Gasteiger partial charge on any atom is -0.383 e. The van der Waals surface area contributed by atoms with Crippen LogP contribution < -0.4 is 0 Å². The van der Waals surface area contributed by atoms with Gasteiger partial charge in [-0.25, -0.2) is 4.39 Å². The first-order valence-electron chi connectivity index (χ1n) is 8.28. The Hall–Kier alpha value is -1.46. The van der Waals surface area contributed by atoms with Crippen molar-refractivity contribution in [2.24, 2.45) is 0 Å². The van der Waals surface area contributed by atoms with Gasteiger partial charge in [-0.05, 0) is 38.0 Å². The molecule has 1 aliphatic heterocycles. The highest BCUT2D eigenvalue weighted by molar-refractivity contribution is 5.76. The number of benzene rings is 1. The van der Waals surface area contributed by atoms with Gasteiger partial charge in [0.2, 0.25) is 5.91 Å². The lowest BCUT2D eigenvalue weighted by atomic mass is 10.1. The van der Waals surface area contributed by atoms with Crippen molar-refractivity contribution in [1.82, 2.24) is 9.80 Å². The van der Waals surface area contributed by atoms with Crippen molar-refractivity contribution in [3.63, 3.8) is 0 Å². The van der Waals surface area contributed by atoms with Crippen LogP contribution >= 0.6 is 0 Å². The zero-order valence-electron chi connectivity index (χ0n) is 14.3. The molecule has 1 heterocycles. The maximum atomic E-state index is 12.9. The summed E-state index contributed by atoms with van der Waals surface area (Å²) in [7, 11) is 1.71. The third kappa shape index (κ3) is 5.01. The Balaban J connectivity index is 1.84. The summed E-state index contributed by atoms with van der Waals surface area (Å²) in [6.45, 7) is 7.45. The largest absolute Gasteiger partial charge is 0.383 e. The SMILES string of the molecule is COCCN1C(C)CN(C(=O)CCc2ccc(F)cc2)CC1C. The molecule has 0 bridgehead atoms. The highest BCUT2D eigenvalue weighted by Crippen LogP contribution is 2.17. The number of piperazine rings is 1. The maximum absolute atomic E-state index is 12.9. The summed E-state index contributed by atoms with van der Waals surface area (Å²) in [6.07, 6.45) is 1.13. The Labute approximate surface area is 138 Å². The van der Waals surface area contributed by atoms with E-state index in [4.69, 9.17) is 4.74 Å². The summed E-state index contributed by atoms with van der Waals surface area (Å²) in [4.78, 5) is 16.8. The van der Waals surface area contributed by atoms with E-state index < -0.39 is 0 Å². The number of ether oxygens (including phenoxy) is 1. The topological polar surface area (TPSA) is 32.8 Å². The molecule has 0 spiro atoms. The molecule has 1 aliphatic rings. The van der Waals surface area contributed by atoms with Crippen LogP contribution in [-0.2, 0) is 16.0 Å². The molecular weight excluding hydrogens is 295 g/mol. The summed E-state index contributed by atoms with van der Waals surface area (Å²) in [5.74, 6) is -0.0608. The van der Waals surface area contributed by atoms with E-state index in [9.17, 15) is 9.18 Å². The van der Waals surface area contributed by atoms with Gasteiger partial charge in [0.25, 0.3) is 0 Å². The van der Waals surface area contributed by atoms with Gasteiger partial charge in [-0.3, -0.25) is 9.69 Å². The second-order valence-corrected chi connectivity index (χ2v) is 6.35. The van der Waals surface area contributed by atoms with Gasteiger partial charge in [-0.2, -0.15) is 0 Å². The second-order valence-electron chi connectivity index (χ2n) is 6.35. The predicted molar refractivity (Wildman–Crippen MR) is 88.8 cm³/mol. The average molecular weight is 322 g/mol. The number of hydrogen-bond acceptors (Lipinski definition) is 3. The van der Waals surface area contributed by atoms with E-state index >= 15 is 0 Å². The number of carbonyl (C=O) groups is 1. The van der Waals surface area contributed by atoms with E-state index in [-0.39, 0.29) is 11.7 Å². The third-order valence-corrected chi connectivity index (χ3v) is 4.55. The molecule has 0 saturated carbocycles. The molecule has 2 atom stereocenters. The average Bonchev–Trinajstić information content (AvgIpc) is 2.53. The Morgan fingerprint density at radius 3 is 2.39 bits per heavy atom. The third-order valence-electron chi connectivity index (χ3n) is 4.55. The predicted octanol–water partition coefficient (Wildman–Crippen LogP) is 2.33. The maximum Gasteiger partial charge on any atom is 0.223 e. The molecule has 0 N–H and O–H groups in total. The molecule has 128 valence electrons. The lowest BCUT2D eigenvalue weighted by molar-refractivity contribution is -0.135. The molecule has 23 heavy (non-hydrogen) atoms.